The van der Waals surface area contributed by atoms with Crippen LogP contribution in [0.5, 0.6) is 5.75 Å². The molecule has 0 aliphatic heterocycles. The summed E-state index contributed by atoms with van der Waals surface area (Å²) in [6.45, 7) is 0.210. The minimum absolute atomic E-state index is 0.0448. The van der Waals surface area contributed by atoms with Crippen LogP contribution in [0.4, 0.5) is 10.2 Å². The van der Waals surface area contributed by atoms with Crippen molar-refractivity contribution in [2.45, 2.75) is 0 Å². The monoisotopic (exact) mass is 285 g/mol. The lowest BCUT2D eigenvalue weighted by molar-refractivity contribution is 0.102. The summed E-state index contributed by atoms with van der Waals surface area (Å²) in [5.41, 5.74) is 5.69. The van der Waals surface area contributed by atoms with E-state index in [4.69, 9.17) is 5.73 Å². The van der Waals surface area contributed by atoms with Gasteiger partial charge in [-0.3, -0.25) is 4.79 Å². The second-order valence-electron chi connectivity index (χ2n) is 4.03. The molecule has 0 atom stereocenters. The molecule has 21 heavy (non-hydrogen) atoms. The first kappa shape index (κ1) is 14.5. The number of carbonyl (C=O) groups is 1. The molecule has 1 aromatic carbocycles. The molecule has 0 saturated heterocycles. The van der Waals surface area contributed by atoms with Crippen molar-refractivity contribution in [2.75, 3.05) is 11.9 Å². The molecule has 2 rings (SSSR count). The molecule has 0 aliphatic carbocycles. The lowest BCUT2D eigenvalue weighted by atomic mass is 10.2. The molecule has 0 bridgehead atoms. The van der Waals surface area contributed by atoms with E-state index < -0.39 is 17.5 Å². The molecule has 2 aromatic rings. The SMILES string of the molecule is NCC#Cc1cccc(NC(=O)c2ccc(F)cc2O)n1. The summed E-state index contributed by atoms with van der Waals surface area (Å²) >= 11 is 0. The summed E-state index contributed by atoms with van der Waals surface area (Å²) in [6, 6.07) is 8.07. The first-order valence-corrected chi connectivity index (χ1v) is 6.06. The zero-order valence-electron chi connectivity index (χ0n) is 10.9. The summed E-state index contributed by atoms with van der Waals surface area (Å²) in [5.74, 6) is 4.01. The number of aromatic nitrogens is 1. The van der Waals surface area contributed by atoms with Crippen molar-refractivity contribution in [3.63, 3.8) is 0 Å². The number of aromatic hydroxyl groups is 1. The topological polar surface area (TPSA) is 88.2 Å². The number of nitrogens with one attached hydrogen (secondary N) is 1. The van der Waals surface area contributed by atoms with Crippen molar-refractivity contribution < 1.29 is 14.3 Å². The van der Waals surface area contributed by atoms with Gasteiger partial charge in [0.1, 0.15) is 23.1 Å². The number of anilines is 1. The number of nitrogens with two attached hydrogens (primary N) is 1. The van der Waals surface area contributed by atoms with Gasteiger partial charge in [0.15, 0.2) is 0 Å². The third-order valence-electron chi connectivity index (χ3n) is 2.51. The van der Waals surface area contributed by atoms with Crippen molar-refractivity contribution in [1.82, 2.24) is 4.98 Å². The van der Waals surface area contributed by atoms with Crippen molar-refractivity contribution in [3.8, 4) is 17.6 Å². The first-order chi connectivity index (χ1) is 10.1. The zero-order valence-corrected chi connectivity index (χ0v) is 10.9. The maximum absolute atomic E-state index is 12.9. The maximum atomic E-state index is 12.9. The normalized spacial score (nSPS) is 9.62. The minimum Gasteiger partial charge on any atom is -0.507 e. The Hall–Kier alpha value is -2.91. The zero-order chi connectivity index (χ0) is 15.2. The predicted octanol–water partition coefficient (Wildman–Crippen LogP) is 1.49. The number of halogens is 1. The third-order valence-corrected chi connectivity index (χ3v) is 2.51. The smallest absolute Gasteiger partial charge is 0.260 e. The Morgan fingerprint density at radius 1 is 1.38 bits per heavy atom. The van der Waals surface area contributed by atoms with Crippen LogP contribution in [0.2, 0.25) is 0 Å². The number of rotatable bonds is 2. The van der Waals surface area contributed by atoms with Crippen LogP contribution in [0.15, 0.2) is 36.4 Å². The highest BCUT2D eigenvalue weighted by Gasteiger charge is 2.12. The quantitative estimate of drug-likeness (QED) is 0.729. The van der Waals surface area contributed by atoms with Crippen LogP contribution >= 0.6 is 0 Å². The van der Waals surface area contributed by atoms with Gasteiger partial charge in [0.25, 0.3) is 5.91 Å². The highest BCUT2D eigenvalue weighted by atomic mass is 19.1. The first-order valence-electron chi connectivity index (χ1n) is 6.06. The Kier molecular flexibility index (Phi) is 4.49. The van der Waals surface area contributed by atoms with E-state index in [1.807, 2.05) is 0 Å². The average Bonchev–Trinajstić information content (AvgIpc) is 2.45. The van der Waals surface area contributed by atoms with Gasteiger partial charge >= 0.3 is 0 Å². The van der Waals surface area contributed by atoms with Crippen molar-refractivity contribution in [3.05, 3.63) is 53.5 Å². The summed E-state index contributed by atoms with van der Waals surface area (Å²) in [5, 5.41) is 12.1. The highest BCUT2D eigenvalue weighted by molar-refractivity contribution is 6.05. The van der Waals surface area contributed by atoms with Gasteiger partial charge in [-0.25, -0.2) is 9.37 Å². The standard InChI is InChI=1S/C15H12FN3O2/c16-10-6-7-12(13(20)9-10)15(21)19-14-5-1-3-11(18-14)4-2-8-17/h1,3,5-7,9,20H,8,17H2,(H,18,19,21). The average molecular weight is 285 g/mol. The maximum Gasteiger partial charge on any atom is 0.260 e. The van der Waals surface area contributed by atoms with E-state index in [1.165, 1.54) is 6.07 Å². The van der Waals surface area contributed by atoms with Crippen LogP contribution in [0.1, 0.15) is 16.1 Å². The number of benzene rings is 1. The Morgan fingerprint density at radius 2 is 2.19 bits per heavy atom. The lowest BCUT2D eigenvalue weighted by Crippen LogP contribution is -2.13. The Morgan fingerprint density at radius 3 is 2.90 bits per heavy atom. The van der Waals surface area contributed by atoms with Crippen LogP contribution in [0, 0.1) is 17.7 Å². The van der Waals surface area contributed by atoms with E-state index in [-0.39, 0.29) is 17.9 Å². The number of hydrogen-bond acceptors (Lipinski definition) is 4. The van der Waals surface area contributed by atoms with Gasteiger partial charge in [-0.15, -0.1) is 0 Å². The molecule has 1 heterocycles. The fourth-order valence-corrected chi connectivity index (χ4v) is 1.60. The van der Waals surface area contributed by atoms with Gasteiger partial charge in [-0.1, -0.05) is 12.0 Å². The van der Waals surface area contributed by atoms with Crippen LogP contribution in [0.25, 0.3) is 0 Å². The molecule has 0 radical (unpaired) electrons. The van der Waals surface area contributed by atoms with E-state index in [0.717, 1.165) is 12.1 Å². The number of phenols is 1. The minimum atomic E-state index is -0.624. The van der Waals surface area contributed by atoms with Crippen LogP contribution < -0.4 is 11.1 Å². The van der Waals surface area contributed by atoms with Gasteiger partial charge in [0.2, 0.25) is 0 Å². The molecule has 0 aliphatic rings. The van der Waals surface area contributed by atoms with Gasteiger partial charge in [-0.2, -0.15) is 0 Å². The molecule has 4 N–H and O–H groups in total. The van der Waals surface area contributed by atoms with Gasteiger partial charge in [-0.05, 0) is 30.2 Å². The number of hydrogen-bond donors (Lipinski definition) is 3. The van der Waals surface area contributed by atoms with E-state index in [2.05, 4.69) is 22.1 Å². The molecule has 0 saturated carbocycles. The molecule has 1 amide bonds. The van der Waals surface area contributed by atoms with Crippen LogP contribution in [-0.2, 0) is 0 Å². The molecule has 1 aromatic heterocycles. The molecular formula is C15H12FN3O2. The second kappa shape index (κ2) is 6.50. The number of phenolic OH excluding ortho intramolecular Hbond substituents is 1. The summed E-state index contributed by atoms with van der Waals surface area (Å²) < 4.78 is 12.9. The summed E-state index contributed by atoms with van der Waals surface area (Å²) in [7, 11) is 0. The van der Waals surface area contributed by atoms with Crippen LogP contribution in [0.3, 0.4) is 0 Å². The van der Waals surface area contributed by atoms with Crippen molar-refractivity contribution >= 4 is 11.7 Å². The van der Waals surface area contributed by atoms with Crippen LogP contribution in [-0.4, -0.2) is 22.5 Å². The summed E-state index contributed by atoms with van der Waals surface area (Å²) in [4.78, 5) is 16.1. The van der Waals surface area contributed by atoms with E-state index in [9.17, 15) is 14.3 Å². The van der Waals surface area contributed by atoms with E-state index >= 15 is 0 Å². The fraction of sp³-hybridized carbons (Fsp3) is 0.0667. The lowest BCUT2D eigenvalue weighted by Gasteiger charge is -2.06. The molecule has 106 valence electrons. The number of carbonyl (C=O) groups excluding carboxylic acids is 1. The molecule has 0 spiro atoms. The molecular weight excluding hydrogens is 273 g/mol. The Balaban J connectivity index is 2.19. The molecule has 5 nitrogen and oxygen atoms in total. The Labute approximate surface area is 120 Å². The predicted molar refractivity (Wildman–Crippen MR) is 76.2 cm³/mol. The number of nitrogens with zero attached hydrogens (tertiary/aromatic N) is 1. The van der Waals surface area contributed by atoms with Gasteiger partial charge in [0, 0.05) is 6.07 Å². The fourth-order valence-electron chi connectivity index (χ4n) is 1.60. The van der Waals surface area contributed by atoms with Gasteiger partial charge in [0.05, 0.1) is 12.1 Å². The third kappa shape index (κ3) is 3.78. The number of pyridine rings is 1. The van der Waals surface area contributed by atoms with Crippen molar-refractivity contribution in [2.24, 2.45) is 5.73 Å². The van der Waals surface area contributed by atoms with E-state index in [0.29, 0.717) is 5.69 Å². The largest absolute Gasteiger partial charge is 0.507 e. The second-order valence-corrected chi connectivity index (χ2v) is 4.03. The van der Waals surface area contributed by atoms with Crippen molar-refractivity contribution in [1.29, 1.82) is 0 Å². The molecule has 0 fully saturated rings. The van der Waals surface area contributed by atoms with Gasteiger partial charge < -0.3 is 16.2 Å². The number of amides is 1. The molecule has 0 unspecified atom stereocenters. The van der Waals surface area contributed by atoms with E-state index in [1.54, 1.807) is 18.2 Å². The Bertz CT molecular complexity index is 735. The summed E-state index contributed by atoms with van der Waals surface area (Å²) in [6.07, 6.45) is 0. The highest BCUT2D eigenvalue weighted by Crippen LogP contribution is 2.19. The molecule has 6 heteroatoms.